The Kier molecular flexibility index (Phi) is 8.49. The SMILES string of the molecule is CNC(=O)NC(=O)CCN(Cc1ccccc1)CC(C)C(=O)OC. The highest BCUT2D eigenvalue weighted by Gasteiger charge is 2.19. The predicted molar refractivity (Wildman–Crippen MR) is 90.1 cm³/mol. The van der Waals surface area contributed by atoms with Crippen molar-refractivity contribution in [2.45, 2.75) is 19.9 Å². The number of carbonyl (C=O) groups is 3. The molecule has 0 aromatic heterocycles. The number of imide groups is 1. The van der Waals surface area contributed by atoms with E-state index in [-0.39, 0.29) is 24.2 Å². The van der Waals surface area contributed by atoms with Gasteiger partial charge in [-0.25, -0.2) is 4.79 Å². The number of hydrogen-bond acceptors (Lipinski definition) is 5. The number of nitrogens with zero attached hydrogens (tertiary/aromatic N) is 1. The highest BCUT2D eigenvalue weighted by Crippen LogP contribution is 2.09. The Labute approximate surface area is 142 Å². The minimum atomic E-state index is -0.530. The van der Waals surface area contributed by atoms with Crippen LogP contribution in [-0.4, -0.2) is 50.1 Å². The number of hydrogen-bond donors (Lipinski definition) is 2. The second-order valence-corrected chi connectivity index (χ2v) is 5.52. The van der Waals surface area contributed by atoms with E-state index in [2.05, 4.69) is 10.6 Å². The maximum absolute atomic E-state index is 11.8. The third-order valence-corrected chi connectivity index (χ3v) is 3.52. The van der Waals surface area contributed by atoms with E-state index in [1.54, 1.807) is 6.92 Å². The van der Waals surface area contributed by atoms with Crippen LogP contribution >= 0.6 is 0 Å². The first-order valence-corrected chi connectivity index (χ1v) is 7.82. The van der Waals surface area contributed by atoms with Gasteiger partial charge in [-0.15, -0.1) is 0 Å². The summed E-state index contributed by atoms with van der Waals surface area (Å²) in [6, 6.07) is 9.26. The average molecular weight is 335 g/mol. The number of methoxy groups -OCH3 is 1. The van der Waals surface area contributed by atoms with Crippen LogP contribution in [0.3, 0.4) is 0 Å². The minimum Gasteiger partial charge on any atom is -0.469 e. The van der Waals surface area contributed by atoms with Gasteiger partial charge in [0.2, 0.25) is 5.91 Å². The molecule has 1 atom stereocenters. The molecule has 1 aromatic rings. The van der Waals surface area contributed by atoms with E-state index >= 15 is 0 Å². The summed E-state index contributed by atoms with van der Waals surface area (Å²) in [5.74, 6) is -0.957. The van der Waals surface area contributed by atoms with Gasteiger partial charge in [-0.05, 0) is 5.56 Å². The van der Waals surface area contributed by atoms with E-state index in [1.165, 1.54) is 14.2 Å². The van der Waals surface area contributed by atoms with Gasteiger partial charge in [0.25, 0.3) is 0 Å². The Morgan fingerprint density at radius 2 is 1.88 bits per heavy atom. The molecule has 0 bridgehead atoms. The van der Waals surface area contributed by atoms with Crippen molar-refractivity contribution in [3.05, 3.63) is 35.9 Å². The molecule has 0 aliphatic rings. The fourth-order valence-electron chi connectivity index (χ4n) is 2.25. The van der Waals surface area contributed by atoms with Crippen LogP contribution in [0.1, 0.15) is 18.9 Å². The number of esters is 1. The summed E-state index contributed by atoms with van der Waals surface area (Å²) >= 11 is 0. The van der Waals surface area contributed by atoms with E-state index in [1.807, 2.05) is 35.2 Å². The standard InChI is InChI=1S/C17H25N3O4/c1-13(16(22)24-3)11-20(12-14-7-5-4-6-8-14)10-9-15(21)19-17(23)18-2/h4-8,13H,9-12H2,1-3H3,(H2,18,19,21,23). The Balaban J connectivity index is 2.64. The zero-order chi connectivity index (χ0) is 17.9. The van der Waals surface area contributed by atoms with Crippen LogP contribution in [0.5, 0.6) is 0 Å². The lowest BCUT2D eigenvalue weighted by Gasteiger charge is -2.24. The quantitative estimate of drug-likeness (QED) is 0.696. The Morgan fingerprint density at radius 3 is 2.46 bits per heavy atom. The number of nitrogens with one attached hydrogen (secondary N) is 2. The van der Waals surface area contributed by atoms with Gasteiger partial charge in [-0.2, -0.15) is 0 Å². The lowest BCUT2D eigenvalue weighted by molar-refractivity contribution is -0.145. The van der Waals surface area contributed by atoms with Gasteiger partial charge in [-0.1, -0.05) is 37.3 Å². The van der Waals surface area contributed by atoms with Gasteiger partial charge in [0.1, 0.15) is 0 Å². The summed E-state index contributed by atoms with van der Waals surface area (Å²) in [5.41, 5.74) is 1.08. The molecule has 0 aliphatic heterocycles. The van der Waals surface area contributed by atoms with Crippen molar-refractivity contribution in [1.82, 2.24) is 15.5 Å². The van der Waals surface area contributed by atoms with Gasteiger partial charge in [0.15, 0.2) is 0 Å². The number of amides is 3. The Morgan fingerprint density at radius 1 is 1.21 bits per heavy atom. The molecule has 7 nitrogen and oxygen atoms in total. The molecule has 0 spiro atoms. The van der Waals surface area contributed by atoms with Crippen LogP contribution in [0.15, 0.2) is 30.3 Å². The maximum Gasteiger partial charge on any atom is 0.321 e. The average Bonchev–Trinajstić information content (AvgIpc) is 2.59. The molecule has 24 heavy (non-hydrogen) atoms. The van der Waals surface area contributed by atoms with E-state index in [0.29, 0.717) is 19.6 Å². The third kappa shape index (κ3) is 7.23. The van der Waals surface area contributed by atoms with Crippen molar-refractivity contribution < 1.29 is 19.1 Å². The third-order valence-electron chi connectivity index (χ3n) is 3.52. The first-order chi connectivity index (χ1) is 11.5. The molecule has 0 aliphatic carbocycles. The van der Waals surface area contributed by atoms with Crippen molar-refractivity contribution in [1.29, 1.82) is 0 Å². The summed E-state index contributed by atoms with van der Waals surface area (Å²) in [6.45, 7) is 3.29. The maximum atomic E-state index is 11.8. The zero-order valence-corrected chi connectivity index (χ0v) is 14.4. The van der Waals surface area contributed by atoms with Crippen molar-refractivity contribution in [3.8, 4) is 0 Å². The first-order valence-electron chi connectivity index (χ1n) is 7.82. The lowest BCUT2D eigenvalue weighted by atomic mass is 10.1. The smallest absolute Gasteiger partial charge is 0.321 e. The van der Waals surface area contributed by atoms with Gasteiger partial charge in [0, 0.05) is 33.1 Å². The molecule has 7 heteroatoms. The highest BCUT2D eigenvalue weighted by atomic mass is 16.5. The van der Waals surface area contributed by atoms with Crippen LogP contribution in [0.25, 0.3) is 0 Å². The topological polar surface area (TPSA) is 87.7 Å². The van der Waals surface area contributed by atoms with E-state index in [9.17, 15) is 14.4 Å². The van der Waals surface area contributed by atoms with E-state index in [4.69, 9.17) is 4.74 Å². The number of benzene rings is 1. The number of carbonyl (C=O) groups excluding carboxylic acids is 3. The molecule has 132 valence electrons. The number of urea groups is 1. The molecule has 0 saturated carbocycles. The summed E-state index contributed by atoms with van der Waals surface area (Å²) in [4.78, 5) is 36.5. The summed E-state index contributed by atoms with van der Waals surface area (Å²) in [7, 11) is 2.81. The van der Waals surface area contributed by atoms with E-state index in [0.717, 1.165) is 5.56 Å². The van der Waals surface area contributed by atoms with Gasteiger partial charge < -0.3 is 10.1 Å². The van der Waals surface area contributed by atoms with Crippen molar-refractivity contribution >= 4 is 17.9 Å². The molecule has 1 aromatic carbocycles. The highest BCUT2D eigenvalue weighted by molar-refractivity contribution is 5.94. The monoisotopic (exact) mass is 335 g/mol. The second-order valence-electron chi connectivity index (χ2n) is 5.52. The molecule has 1 unspecified atom stereocenters. The van der Waals surface area contributed by atoms with Gasteiger partial charge >= 0.3 is 12.0 Å². The molecule has 2 N–H and O–H groups in total. The Bertz CT molecular complexity index is 548. The molecular weight excluding hydrogens is 310 g/mol. The lowest BCUT2D eigenvalue weighted by Crippen LogP contribution is -2.40. The normalized spacial score (nSPS) is 11.7. The largest absolute Gasteiger partial charge is 0.469 e. The number of rotatable bonds is 8. The fraction of sp³-hybridized carbons (Fsp3) is 0.471. The molecule has 0 fully saturated rings. The summed E-state index contributed by atoms with van der Waals surface area (Å²) in [5, 5.41) is 4.56. The van der Waals surface area contributed by atoms with Crippen molar-refractivity contribution in [2.75, 3.05) is 27.2 Å². The van der Waals surface area contributed by atoms with Crippen LogP contribution in [0.2, 0.25) is 0 Å². The molecule has 0 radical (unpaired) electrons. The molecule has 0 heterocycles. The van der Waals surface area contributed by atoms with Crippen LogP contribution < -0.4 is 10.6 Å². The zero-order valence-electron chi connectivity index (χ0n) is 14.4. The molecule has 0 saturated heterocycles. The second kappa shape index (κ2) is 10.4. The van der Waals surface area contributed by atoms with Crippen LogP contribution in [0.4, 0.5) is 4.79 Å². The first kappa shape index (κ1) is 19.6. The summed E-state index contributed by atoms with van der Waals surface area (Å²) < 4.78 is 4.76. The molecule has 3 amide bonds. The van der Waals surface area contributed by atoms with Crippen molar-refractivity contribution in [3.63, 3.8) is 0 Å². The molecule has 1 rings (SSSR count). The van der Waals surface area contributed by atoms with Crippen LogP contribution in [-0.2, 0) is 20.9 Å². The Hall–Kier alpha value is -2.41. The predicted octanol–water partition coefficient (Wildman–Crippen LogP) is 1.14. The summed E-state index contributed by atoms with van der Waals surface area (Å²) in [6.07, 6.45) is 0.161. The minimum absolute atomic E-state index is 0.161. The number of ether oxygens (including phenoxy) is 1. The van der Waals surface area contributed by atoms with E-state index < -0.39 is 6.03 Å². The van der Waals surface area contributed by atoms with Crippen molar-refractivity contribution in [2.24, 2.45) is 5.92 Å². The fourth-order valence-corrected chi connectivity index (χ4v) is 2.25. The van der Waals surface area contributed by atoms with Crippen LogP contribution in [0, 0.1) is 5.92 Å². The van der Waals surface area contributed by atoms with Gasteiger partial charge in [0.05, 0.1) is 13.0 Å². The molecular formula is C17H25N3O4. The van der Waals surface area contributed by atoms with Gasteiger partial charge in [-0.3, -0.25) is 19.8 Å².